The maximum Gasteiger partial charge on any atom is 0.251 e. The van der Waals surface area contributed by atoms with Crippen LogP contribution in [0.15, 0.2) is 24.3 Å². The molecule has 2 atom stereocenters. The highest BCUT2D eigenvalue weighted by Gasteiger charge is 2.24. The molecule has 0 saturated carbocycles. The molecule has 1 saturated heterocycles. The highest BCUT2D eigenvalue weighted by atomic mass is 16.5. The van der Waals surface area contributed by atoms with Gasteiger partial charge in [0.05, 0.1) is 12.6 Å². The Bertz CT molecular complexity index is 501. The van der Waals surface area contributed by atoms with Gasteiger partial charge in [-0.05, 0) is 37.6 Å². The highest BCUT2D eigenvalue weighted by molar-refractivity contribution is 5.96. The number of amides is 2. The van der Waals surface area contributed by atoms with Gasteiger partial charge in [0.1, 0.15) is 0 Å². The van der Waals surface area contributed by atoms with Crippen LogP contribution in [0, 0.1) is 5.92 Å². The summed E-state index contributed by atoms with van der Waals surface area (Å²) in [7, 11) is 0. The van der Waals surface area contributed by atoms with Crippen LogP contribution < -0.4 is 16.4 Å². The van der Waals surface area contributed by atoms with Gasteiger partial charge in [0.15, 0.2) is 0 Å². The number of hydrogen-bond donors (Lipinski definition) is 3. The van der Waals surface area contributed by atoms with Crippen LogP contribution in [-0.2, 0) is 9.53 Å². The smallest absolute Gasteiger partial charge is 0.251 e. The molecule has 0 radical (unpaired) electrons. The number of ether oxygens (including phenoxy) is 1. The van der Waals surface area contributed by atoms with Crippen LogP contribution in [-0.4, -0.2) is 37.6 Å². The number of nitrogens with one attached hydrogen (secondary N) is 2. The lowest BCUT2D eigenvalue weighted by molar-refractivity contribution is -0.120. The van der Waals surface area contributed by atoms with E-state index in [1.165, 1.54) is 0 Å². The molecule has 1 heterocycles. The first-order chi connectivity index (χ1) is 10.1. The summed E-state index contributed by atoms with van der Waals surface area (Å²) in [5, 5.41) is 5.40. The van der Waals surface area contributed by atoms with E-state index < -0.39 is 0 Å². The highest BCUT2D eigenvalue weighted by Crippen LogP contribution is 2.19. The Morgan fingerprint density at radius 3 is 2.62 bits per heavy atom. The van der Waals surface area contributed by atoms with Crippen molar-refractivity contribution in [3.8, 4) is 0 Å². The Hall–Kier alpha value is -2.08. The molecule has 1 aliphatic heterocycles. The molecule has 6 heteroatoms. The van der Waals surface area contributed by atoms with E-state index in [0.717, 1.165) is 13.0 Å². The van der Waals surface area contributed by atoms with Crippen LogP contribution in [0.3, 0.4) is 0 Å². The quantitative estimate of drug-likeness (QED) is 0.690. The van der Waals surface area contributed by atoms with Crippen LogP contribution in [0.2, 0.25) is 0 Å². The standard InChI is InChI=1S/C15H21N3O3/c1-10-12(6-7-21-10)8-17-14(19)9-18-15(20)11-2-4-13(16)5-3-11/h2-5,10,12H,6-9,16H2,1H3,(H,17,19)(H,18,20). The summed E-state index contributed by atoms with van der Waals surface area (Å²) in [4.78, 5) is 23.5. The third-order valence-electron chi connectivity index (χ3n) is 3.68. The second-order valence-electron chi connectivity index (χ2n) is 5.23. The molecular formula is C15H21N3O3. The maximum absolute atomic E-state index is 11.8. The predicted octanol–water partition coefficient (Wildman–Crippen LogP) is 0.540. The minimum atomic E-state index is -0.289. The average Bonchev–Trinajstić information content (AvgIpc) is 2.88. The summed E-state index contributed by atoms with van der Waals surface area (Å²) in [5.74, 6) is -0.137. The Balaban J connectivity index is 1.71. The van der Waals surface area contributed by atoms with Crippen molar-refractivity contribution >= 4 is 17.5 Å². The van der Waals surface area contributed by atoms with E-state index in [1.807, 2.05) is 6.92 Å². The van der Waals surface area contributed by atoms with Crippen LogP contribution in [0.25, 0.3) is 0 Å². The van der Waals surface area contributed by atoms with Crippen molar-refractivity contribution < 1.29 is 14.3 Å². The van der Waals surface area contributed by atoms with E-state index in [4.69, 9.17) is 10.5 Å². The molecule has 2 unspecified atom stereocenters. The van der Waals surface area contributed by atoms with E-state index in [9.17, 15) is 9.59 Å². The molecule has 1 aliphatic rings. The van der Waals surface area contributed by atoms with Crippen molar-refractivity contribution in [2.24, 2.45) is 5.92 Å². The van der Waals surface area contributed by atoms with Gasteiger partial charge in [-0.25, -0.2) is 0 Å². The number of anilines is 1. The molecule has 6 nitrogen and oxygen atoms in total. The fourth-order valence-electron chi connectivity index (χ4n) is 2.25. The third-order valence-corrected chi connectivity index (χ3v) is 3.68. The SMILES string of the molecule is CC1OCCC1CNC(=O)CNC(=O)c1ccc(N)cc1. The number of hydrogen-bond acceptors (Lipinski definition) is 4. The first-order valence-electron chi connectivity index (χ1n) is 7.08. The number of carbonyl (C=O) groups excluding carboxylic acids is 2. The second-order valence-corrected chi connectivity index (χ2v) is 5.23. The third kappa shape index (κ3) is 4.46. The molecule has 21 heavy (non-hydrogen) atoms. The minimum absolute atomic E-state index is 0.0365. The Morgan fingerprint density at radius 2 is 2.00 bits per heavy atom. The van der Waals surface area contributed by atoms with Crippen molar-refractivity contribution in [1.29, 1.82) is 0 Å². The van der Waals surface area contributed by atoms with Crippen molar-refractivity contribution in [3.63, 3.8) is 0 Å². The summed E-state index contributed by atoms with van der Waals surface area (Å²) in [6.07, 6.45) is 1.13. The summed E-state index contributed by atoms with van der Waals surface area (Å²) in [5.41, 5.74) is 6.63. The lowest BCUT2D eigenvalue weighted by atomic mass is 10.0. The predicted molar refractivity (Wildman–Crippen MR) is 79.7 cm³/mol. The number of carbonyl (C=O) groups is 2. The van der Waals surface area contributed by atoms with Crippen LogP contribution >= 0.6 is 0 Å². The van der Waals surface area contributed by atoms with E-state index in [1.54, 1.807) is 24.3 Å². The molecule has 1 fully saturated rings. The second kappa shape index (κ2) is 7.08. The van der Waals surface area contributed by atoms with Gasteiger partial charge in [-0.3, -0.25) is 9.59 Å². The van der Waals surface area contributed by atoms with Gasteiger partial charge in [0.2, 0.25) is 5.91 Å². The van der Waals surface area contributed by atoms with E-state index in [-0.39, 0.29) is 24.5 Å². The lowest BCUT2D eigenvalue weighted by Crippen LogP contribution is -2.39. The zero-order valence-electron chi connectivity index (χ0n) is 12.1. The Kier molecular flexibility index (Phi) is 5.16. The van der Waals surface area contributed by atoms with Crippen molar-refractivity contribution in [3.05, 3.63) is 29.8 Å². The number of nitrogen functional groups attached to an aromatic ring is 1. The largest absolute Gasteiger partial charge is 0.399 e. The molecule has 0 bridgehead atoms. The van der Waals surface area contributed by atoms with Gasteiger partial charge >= 0.3 is 0 Å². The number of nitrogens with two attached hydrogens (primary N) is 1. The summed E-state index contributed by atoms with van der Waals surface area (Å²) in [6, 6.07) is 6.55. The Labute approximate surface area is 124 Å². The monoisotopic (exact) mass is 291 g/mol. The molecule has 4 N–H and O–H groups in total. The lowest BCUT2D eigenvalue weighted by Gasteiger charge is -2.14. The van der Waals surface area contributed by atoms with Gasteiger partial charge in [-0.2, -0.15) is 0 Å². The maximum atomic E-state index is 11.8. The van der Waals surface area contributed by atoms with Gasteiger partial charge in [0.25, 0.3) is 5.91 Å². The first-order valence-corrected chi connectivity index (χ1v) is 7.08. The van der Waals surface area contributed by atoms with E-state index >= 15 is 0 Å². The molecule has 0 spiro atoms. The topological polar surface area (TPSA) is 93.5 Å². The van der Waals surface area contributed by atoms with E-state index in [0.29, 0.717) is 23.7 Å². The summed E-state index contributed by atoms with van der Waals surface area (Å²) in [6.45, 7) is 3.30. The normalized spacial score (nSPS) is 21.0. The van der Waals surface area contributed by atoms with Crippen molar-refractivity contribution in [2.45, 2.75) is 19.4 Å². The minimum Gasteiger partial charge on any atom is -0.399 e. The van der Waals surface area contributed by atoms with Crippen LogP contribution in [0.4, 0.5) is 5.69 Å². The molecule has 2 amide bonds. The summed E-state index contributed by atoms with van der Waals surface area (Å²) >= 11 is 0. The number of benzene rings is 1. The zero-order valence-corrected chi connectivity index (χ0v) is 12.1. The first kappa shape index (κ1) is 15.3. The van der Waals surface area contributed by atoms with Gasteiger partial charge < -0.3 is 21.1 Å². The Morgan fingerprint density at radius 1 is 1.29 bits per heavy atom. The fraction of sp³-hybridized carbons (Fsp3) is 0.467. The van der Waals surface area contributed by atoms with Gasteiger partial charge in [0, 0.05) is 30.3 Å². The van der Waals surface area contributed by atoms with Crippen molar-refractivity contribution in [1.82, 2.24) is 10.6 Å². The molecule has 0 aliphatic carbocycles. The zero-order chi connectivity index (χ0) is 15.2. The van der Waals surface area contributed by atoms with E-state index in [2.05, 4.69) is 10.6 Å². The molecule has 1 aromatic carbocycles. The molecule has 1 aromatic rings. The van der Waals surface area contributed by atoms with Crippen molar-refractivity contribution in [2.75, 3.05) is 25.4 Å². The van der Waals surface area contributed by atoms with Gasteiger partial charge in [-0.1, -0.05) is 0 Å². The molecule has 2 rings (SSSR count). The van der Waals surface area contributed by atoms with Crippen LogP contribution in [0.1, 0.15) is 23.7 Å². The van der Waals surface area contributed by atoms with Crippen LogP contribution in [0.5, 0.6) is 0 Å². The van der Waals surface area contributed by atoms with Gasteiger partial charge in [-0.15, -0.1) is 0 Å². The number of rotatable bonds is 5. The molecule has 114 valence electrons. The molecular weight excluding hydrogens is 270 g/mol. The summed E-state index contributed by atoms with van der Waals surface area (Å²) < 4.78 is 5.43. The fourth-order valence-corrected chi connectivity index (χ4v) is 2.25. The average molecular weight is 291 g/mol. The molecule has 0 aromatic heterocycles.